The number of carbonyl (C=O) groups excluding carboxylic acids is 1. The zero-order valence-electron chi connectivity index (χ0n) is 20.9. The van der Waals surface area contributed by atoms with Crippen LogP contribution in [0.4, 0.5) is 11.8 Å². The van der Waals surface area contributed by atoms with Crippen LogP contribution in [0.25, 0.3) is 11.0 Å². The number of nitrogens with one attached hydrogen (secondary N) is 2. The highest BCUT2D eigenvalue weighted by atomic mass is 16.5. The summed E-state index contributed by atoms with van der Waals surface area (Å²) in [6.45, 7) is 8.48. The molecule has 188 valence electrons. The van der Waals surface area contributed by atoms with E-state index in [1.54, 1.807) is 25.4 Å². The summed E-state index contributed by atoms with van der Waals surface area (Å²) in [4.78, 5) is 27.3. The van der Waals surface area contributed by atoms with Gasteiger partial charge < -0.3 is 24.5 Å². The molecular formula is C26H35N5O4. The summed E-state index contributed by atoms with van der Waals surface area (Å²) in [5.74, 6) is 1.81. The maximum absolute atomic E-state index is 13.0. The van der Waals surface area contributed by atoms with Gasteiger partial charge in [-0.05, 0) is 55.9 Å². The van der Waals surface area contributed by atoms with Gasteiger partial charge in [-0.2, -0.15) is 0 Å². The van der Waals surface area contributed by atoms with Crippen molar-refractivity contribution < 1.29 is 19.4 Å². The number of H-pyrrole nitrogens is 1. The minimum absolute atomic E-state index is 0.282. The monoisotopic (exact) mass is 481 g/mol. The number of aliphatic hydroxyl groups is 1. The molecule has 4 heterocycles. The number of nitrogens with zero attached hydrogens (tertiary/aromatic N) is 3. The van der Waals surface area contributed by atoms with Gasteiger partial charge in [-0.25, -0.2) is 9.97 Å². The van der Waals surface area contributed by atoms with E-state index in [0.717, 1.165) is 42.7 Å². The summed E-state index contributed by atoms with van der Waals surface area (Å²) in [6, 6.07) is 7.41. The molecule has 0 saturated carbocycles. The molecule has 0 radical (unpaired) electrons. The molecule has 3 N–H and O–H groups in total. The number of aromatic nitrogens is 3. The van der Waals surface area contributed by atoms with Crippen LogP contribution < -0.4 is 15.0 Å². The van der Waals surface area contributed by atoms with Gasteiger partial charge in [0.25, 0.3) is 5.91 Å². The molecule has 2 aliphatic heterocycles. The Morgan fingerprint density at radius 3 is 2.74 bits per heavy atom. The van der Waals surface area contributed by atoms with E-state index in [0.29, 0.717) is 48.5 Å². The smallest absolute Gasteiger partial charge is 0.258 e. The Bertz CT molecular complexity index is 1170. The Balaban J connectivity index is 0.00000141. The van der Waals surface area contributed by atoms with E-state index >= 15 is 0 Å². The number of fused-ring (bicyclic) bond motifs is 1. The molecule has 2 fully saturated rings. The van der Waals surface area contributed by atoms with Crippen molar-refractivity contribution >= 4 is 28.7 Å². The van der Waals surface area contributed by atoms with Crippen LogP contribution in [-0.2, 0) is 4.74 Å². The van der Waals surface area contributed by atoms with Gasteiger partial charge in [0, 0.05) is 38.1 Å². The van der Waals surface area contributed by atoms with Gasteiger partial charge in [0.1, 0.15) is 17.1 Å². The molecule has 2 aliphatic rings. The minimum atomic E-state index is -0.741. The fraction of sp³-hybridized carbons (Fsp3) is 0.500. The van der Waals surface area contributed by atoms with Crippen molar-refractivity contribution in [2.75, 3.05) is 43.6 Å². The molecule has 2 saturated heterocycles. The fourth-order valence-corrected chi connectivity index (χ4v) is 4.71. The lowest BCUT2D eigenvalue weighted by atomic mass is 9.90. The number of anilines is 2. The third kappa shape index (κ3) is 5.41. The summed E-state index contributed by atoms with van der Waals surface area (Å²) < 4.78 is 11.0. The van der Waals surface area contributed by atoms with E-state index in [1.165, 1.54) is 0 Å². The molecule has 5 rings (SSSR count). The number of β-amino-alcohol motifs (C(OH)–C–C–N with tert-alkyl or cyclic N) is 1. The predicted molar refractivity (Wildman–Crippen MR) is 136 cm³/mol. The summed E-state index contributed by atoms with van der Waals surface area (Å²) in [6.07, 6.45) is 4.17. The zero-order valence-corrected chi connectivity index (χ0v) is 20.9. The highest BCUT2D eigenvalue weighted by Gasteiger charge is 2.32. The molecule has 1 unspecified atom stereocenters. The summed E-state index contributed by atoms with van der Waals surface area (Å²) in [5, 5.41) is 13.1. The number of carbonyl (C=O) groups is 1. The van der Waals surface area contributed by atoms with Crippen LogP contribution in [0.2, 0.25) is 0 Å². The minimum Gasteiger partial charge on any atom is -0.494 e. The first kappa shape index (κ1) is 24.9. The van der Waals surface area contributed by atoms with Gasteiger partial charge in [-0.1, -0.05) is 19.9 Å². The first-order valence-corrected chi connectivity index (χ1v) is 12.3. The molecule has 3 aromatic rings. The van der Waals surface area contributed by atoms with Crippen molar-refractivity contribution in [2.24, 2.45) is 0 Å². The lowest BCUT2D eigenvalue weighted by molar-refractivity contribution is 0.0838. The van der Waals surface area contributed by atoms with E-state index in [4.69, 9.17) is 14.5 Å². The van der Waals surface area contributed by atoms with E-state index in [2.05, 4.69) is 21.4 Å². The summed E-state index contributed by atoms with van der Waals surface area (Å²) >= 11 is 0. The number of ether oxygens (including phenoxy) is 2. The molecule has 1 aromatic carbocycles. The van der Waals surface area contributed by atoms with Crippen molar-refractivity contribution in [3.63, 3.8) is 0 Å². The third-order valence-electron chi connectivity index (χ3n) is 6.53. The van der Waals surface area contributed by atoms with Crippen LogP contribution in [0.15, 0.2) is 30.5 Å². The SMILES string of the molecule is CC.COc1ccc(C2CCOCC2)c2nc(NC(=O)c3ccnc(N4CCC(C)(O)C4)c3)[nH]c12. The van der Waals surface area contributed by atoms with Gasteiger partial charge in [0.05, 0.1) is 18.2 Å². The Morgan fingerprint density at radius 2 is 2.06 bits per heavy atom. The molecule has 0 bridgehead atoms. The van der Waals surface area contributed by atoms with Gasteiger partial charge in [-0.15, -0.1) is 0 Å². The molecule has 9 nitrogen and oxygen atoms in total. The quantitative estimate of drug-likeness (QED) is 0.503. The van der Waals surface area contributed by atoms with Crippen LogP contribution in [0.3, 0.4) is 0 Å². The maximum atomic E-state index is 13.0. The fourth-order valence-electron chi connectivity index (χ4n) is 4.71. The Hall–Kier alpha value is -3.17. The van der Waals surface area contributed by atoms with Crippen LogP contribution in [0.5, 0.6) is 5.75 Å². The number of hydrogen-bond donors (Lipinski definition) is 3. The topological polar surface area (TPSA) is 113 Å². The number of imidazole rings is 1. The number of methoxy groups -OCH3 is 1. The van der Waals surface area contributed by atoms with E-state index in [-0.39, 0.29) is 5.91 Å². The molecular weight excluding hydrogens is 446 g/mol. The first-order chi connectivity index (χ1) is 16.9. The molecule has 35 heavy (non-hydrogen) atoms. The number of pyridine rings is 1. The second-order valence-electron chi connectivity index (χ2n) is 9.08. The highest BCUT2D eigenvalue weighted by molar-refractivity contribution is 6.04. The highest BCUT2D eigenvalue weighted by Crippen LogP contribution is 2.36. The van der Waals surface area contributed by atoms with Crippen LogP contribution in [-0.4, -0.2) is 65.0 Å². The average molecular weight is 482 g/mol. The summed E-state index contributed by atoms with van der Waals surface area (Å²) in [5.41, 5.74) is 2.45. The summed E-state index contributed by atoms with van der Waals surface area (Å²) in [7, 11) is 1.62. The lowest BCUT2D eigenvalue weighted by Crippen LogP contribution is -2.30. The van der Waals surface area contributed by atoms with Gasteiger partial charge >= 0.3 is 0 Å². The van der Waals surface area contributed by atoms with Crippen molar-refractivity contribution in [3.05, 3.63) is 41.6 Å². The largest absolute Gasteiger partial charge is 0.494 e. The molecule has 1 atom stereocenters. The van der Waals surface area contributed by atoms with Gasteiger partial charge in [0.15, 0.2) is 0 Å². The van der Waals surface area contributed by atoms with Crippen molar-refractivity contribution in [1.29, 1.82) is 0 Å². The van der Waals surface area contributed by atoms with Gasteiger partial charge in [-0.3, -0.25) is 10.1 Å². The third-order valence-corrected chi connectivity index (χ3v) is 6.53. The first-order valence-electron chi connectivity index (χ1n) is 12.3. The molecule has 0 spiro atoms. The van der Waals surface area contributed by atoms with E-state index in [1.807, 2.05) is 31.7 Å². The second-order valence-corrected chi connectivity index (χ2v) is 9.08. The standard InChI is InChI=1S/C24H29N5O4.C2H6/c1-24(31)8-10-29(14-24)19-13-16(5-9-25-19)22(30)28-23-26-20-17(15-6-11-33-12-7-15)3-4-18(32-2)21(20)27-23;1-2/h3-5,9,13,15,31H,6-8,10-12,14H2,1-2H3,(H2,26,27,28,30);1-2H3. The van der Waals surface area contributed by atoms with Gasteiger partial charge in [0.2, 0.25) is 5.95 Å². The van der Waals surface area contributed by atoms with Crippen LogP contribution >= 0.6 is 0 Å². The van der Waals surface area contributed by atoms with E-state index in [9.17, 15) is 9.90 Å². The number of hydrogen-bond acceptors (Lipinski definition) is 7. The number of rotatable bonds is 5. The number of benzene rings is 1. The lowest BCUT2D eigenvalue weighted by Gasteiger charge is -2.22. The second kappa shape index (κ2) is 10.6. The normalized spacial score (nSPS) is 20.4. The Kier molecular flexibility index (Phi) is 7.57. The number of aromatic amines is 1. The van der Waals surface area contributed by atoms with Crippen LogP contribution in [0.1, 0.15) is 61.9 Å². The maximum Gasteiger partial charge on any atom is 0.258 e. The van der Waals surface area contributed by atoms with Crippen molar-refractivity contribution in [3.8, 4) is 5.75 Å². The van der Waals surface area contributed by atoms with Crippen LogP contribution in [0, 0.1) is 0 Å². The Labute approximate surface area is 205 Å². The molecule has 9 heteroatoms. The average Bonchev–Trinajstić information content (AvgIpc) is 3.48. The Morgan fingerprint density at radius 1 is 1.29 bits per heavy atom. The predicted octanol–water partition coefficient (Wildman–Crippen LogP) is 4.10. The zero-order chi connectivity index (χ0) is 25.0. The molecule has 0 aliphatic carbocycles. The molecule has 1 amide bonds. The molecule has 2 aromatic heterocycles. The number of amides is 1. The van der Waals surface area contributed by atoms with Crippen molar-refractivity contribution in [2.45, 2.75) is 51.6 Å². The van der Waals surface area contributed by atoms with Crippen molar-refractivity contribution in [1.82, 2.24) is 15.0 Å². The van der Waals surface area contributed by atoms with E-state index < -0.39 is 5.60 Å².